The number of rotatable bonds is 5. The van der Waals surface area contributed by atoms with E-state index in [9.17, 15) is 4.79 Å². The van der Waals surface area contributed by atoms with Gasteiger partial charge in [-0.3, -0.25) is 4.79 Å². The fourth-order valence-electron chi connectivity index (χ4n) is 2.12. The van der Waals surface area contributed by atoms with Crippen molar-refractivity contribution in [2.45, 2.75) is 45.7 Å². The van der Waals surface area contributed by atoms with E-state index in [1.807, 2.05) is 19.9 Å². The van der Waals surface area contributed by atoms with Gasteiger partial charge in [-0.05, 0) is 19.8 Å². The summed E-state index contributed by atoms with van der Waals surface area (Å²) in [6, 6.07) is 2.13. The molecule has 1 aromatic rings. The first kappa shape index (κ1) is 18.7. The van der Waals surface area contributed by atoms with Gasteiger partial charge in [0.1, 0.15) is 6.54 Å². The first-order valence-corrected chi connectivity index (χ1v) is 7.47. The number of aryl methyl sites for hydroxylation is 1. The lowest BCUT2D eigenvalue weighted by Crippen LogP contribution is -2.51. The Morgan fingerprint density at radius 3 is 2.95 bits per heavy atom. The molecule has 3 N–H and O–H groups in total. The minimum atomic E-state index is 0. The molecule has 8 heteroatoms. The summed E-state index contributed by atoms with van der Waals surface area (Å²) < 4.78 is 5.22. The maximum atomic E-state index is 11.2. The van der Waals surface area contributed by atoms with Crippen molar-refractivity contribution >= 4 is 35.8 Å². The summed E-state index contributed by atoms with van der Waals surface area (Å²) in [5, 5.41) is 13.3. The number of guanidine groups is 1. The van der Waals surface area contributed by atoms with E-state index in [-0.39, 0.29) is 35.9 Å². The number of hydrogen-bond donors (Lipinski definition) is 3. The van der Waals surface area contributed by atoms with Crippen LogP contribution in [0.1, 0.15) is 38.1 Å². The van der Waals surface area contributed by atoms with E-state index in [0.717, 1.165) is 36.8 Å². The second kappa shape index (κ2) is 9.65. The van der Waals surface area contributed by atoms with Gasteiger partial charge < -0.3 is 20.5 Å². The molecule has 1 aliphatic rings. The van der Waals surface area contributed by atoms with E-state index in [0.29, 0.717) is 19.5 Å². The molecule has 7 nitrogen and oxygen atoms in total. The van der Waals surface area contributed by atoms with Crippen molar-refractivity contribution < 1.29 is 9.32 Å². The van der Waals surface area contributed by atoms with Crippen LogP contribution in [0.4, 0.5) is 0 Å². The zero-order valence-corrected chi connectivity index (χ0v) is 15.3. The number of carbonyl (C=O) groups excluding carboxylic acids is 1. The van der Waals surface area contributed by atoms with Gasteiger partial charge in [0, 0.05) is 31.6 Å². The molecule has 0 radical (unpaired) electrons. The summed E-state index contributed by atoms with van der Waals surface area (Å²) in [4.78, 5) is 15.6. The van der Waals surface area contributed by atoms with E-state index >= 15 is 0 Å². The summed E-state index contributed by atoms with van der Waals surface area (Å²) in [6.45, 7) is 5.91. The predicted molar refractivity (Wildman–Crippen MR) is 95.3 cm³/mol. The second-order valence-electron chi connectivity index (χ2n) is 5.02. The third-order valence-corrected chi connectivity index (χ3v) is 3.31. The van der Waals surface area contributed by atoms with Crippen molar-refractivity contribution in [3.8, 4) is 0 Å². The molecule has 124 valence electrons. The molecule has 1 aromatic heterocycles. The topological polar surface area (TPSA) is 91.6 Å². The van der Waals surface area contributed by atoms with Gasteiger partial charge in [0.25, 0.3) is 0 Å². The summed E-state index contributed by atoms with van der Waals surface area (Å²) in [5.41, 5.74) is 0.938. The Labute approximate surface area is 147 Å². The van der Waals surface area contributed by atoms with Gasteiger partial charge in [0.05, 0.1) is 5.69 Å². The summed E-state index contributed by atoms with van der Waals surface area (Å²) in [6.07, 6.45) is 2.23. The number of piperidine rings is 1. The molecule has 2 heterocycles. The van der Waals surface area contributed by atoms with Crippen molar-refractivity contribution in [1.82, 2.24) is 21.1 Å². The quantitative estimate of drug-likeness (QED) is 0.378. The largest absolute Gasteiger partial charge is 0.359 e. The van der Waals surface area contributed by atoms with Gasteiger partial charge >= 0.3 is 0 Å². The molecule has 22 heavy (non-hydrogen) atoms. The number of halogens is 1. The number of aromatic nitrogens is 1. The highest BCUT2D eigenvalue weighted by Crippen LogP contribution is 2.06. The molecule has 0 aliphatic carbocycles. The number of aliphatic imine (C=N–C) groups is 1. The molecule has 1 fully saturated rings. The zero-order valence-electron chi connectivity index (χ0n) is 13.0. The average Bonchev–Trinajstić information content (AvgIpc) is 2.95. The molecule has 0 spiro atoms. The molecule has 0 bridgehead atoms. The predicted octanol–water partition coefficient (Wildman–Crippen LogP) is 1.19. The second-order valence-corrected chi connectivity index (χ2v) is 5.02. The number of nitrogens with one attached hydrogen (secondary N) is 3. The lowest BCUT2D eigenvalue weighted by molar-refractivity contribution is -0.122. The van der Waals surface area contributed by atoms with E-state index in [1.54, 1.807) is 0 Å². The number of nitrogens with zero attached hydrogens (tertiary/aromatic N) is 2. The summed E-state index contributed by atoms with van der Waals surface area (Å²) in [5.74, 6) is 1.60. The van der Waals surface area contributed by atoms with Crippen LogP contribution in [0.2, 0.25) is 0 Å². The van der Waals surface area contributed by atoms with Crippen LogP contribution in [0.5, 0.6) is 0 Å². The third kappa shape index (κ3) is 5.82. The Balaban J connectivity index is 0.00000242. The van der Waals surface area contributed by atoms with Crippen LogP contribution in [-0.4, -0.2) is 36.2 Å². The highest BCUT2D eigenvalue weighted by atomic mass is 127. The van der Waals surface area contributed by atoms with E-state index < -0.39 is 0 Å². The van der Waals surface area contributed by atoms with Crippen molar-refractivity contribution in [1.29, 1.82) is 0 Å². The van der Waals surface area contributed by atoms with E-state index in [1.165, 1.54) is 0 Å². The average molecular weight is 421 g/mol. The molecule has 1 atom stereocenters. The number of amides is 1. The fraction of sp³-hybridized carbons (Fsp3) is 0.643. The molecule has 2 rings (SSSR count). The van der Waals surface area contributed by atoms with Crippen molar-refractivity contribution in [2.75, 3.05) is 13.1 Å². The van der Waals surface area contributed by atoms with Crippen LogP contribution in [0.3, 0.4) is 0 Å². The summed E-state index contributed by atoms with van der Waals surface area (Å²) >= 11 is 0. The van der Waals surface area contributed by atoms with Crippen LogP contribution in [-0.2, 0) is 17.8 Å². The lowest BCUT2D eigenvalue weighted by Gasteiger charge is -2.25. The minimum absolute atomic E-state index is 0. The maximum absolute atomic E-state index is 11.2. The van der Waals surface area contributed by atoms with Crippen LogP contribution >= 0.6 is 24.0 Å². The molecule has 1 aliphatic heterocycles. The van der Waals surface area contributed by atoms with Crippen molar-refractivity contribution in [3.05, 3.63) is 17.5 Å². The van der Waals surface area contributed by atoms with Gasteiger partial charge in [0.2, 0.25) is 5.91 Å². The number of carbonyl (C=O) groups is 1. The van der Waals surface area contributed by atoms with Gasteiger partial charge in [-0.15, -0.1) is 24.0 Å². The molecule has 0 saturated carbocycles. The van der Waals surface area contributed by atoms with Crippen LogP contribution in [0.15, 0.2) is 15.6 Å². The normalized spacial score (nSPS) is 18.4. The monoisotopic (exact) mass is 421 g/mol. The SMILES string of the molecule is CCNC(=NCc1cc(CC)no1)NC1CCC(=O)NC1.I. The molecular formula is C14H24IN5O2. The Morgan fingerprint density at radius 2 is 2.36 bits per heavy atom. The van der Waals surface area contributed by atoms with Gasteiger partial charge in [-0.25, -0.2) is 4.99 Å². The Bertz CT molecular complexity index is 493. The highest BCUT2D eigenvalue weighted by Gasteiger charge is 2.18. The van der Waals surface area contributed by atoms with Crippen molar-refractivity contribution in [2.24, 2.45) is 4.99 Å². The van der Waals surface area contributed by atoms with Gasteiger partial charge in [0.15, 0.2) is 11.7 Å². The smallest absolute Gasteiger partial charge is 0.220 e. The first-order valence-electron chi connectivity index (χ1n) is 7.47. The maximum Gasteiger partial charge on any atom is 0.220 e. The summed E-state index contributed by atoms with van der Waals surface area (Å²) in [7, 11) is 0. The minimum Gasteiger partial charge on any atom is -0.359 e. The lowest BCUT2D eigenvalue weighted by atomic mass is 10.1. The molecule has 0 aromatic carbocycles. The molecule has 1 amide bonds. The first-order chi connectivity index (χ1) is 10.2. The van der Waals surface area contributed by atoms with Gasteiger partial charge in [-0.1, -0.05) is 12.1 Å². The van der Waals surface area contributed by atoms with Crippen molar-refractivity contribution in [3.63, 3.8) is 0 Å². The Hall–Kier alpha value is -1.32. The molecule has 1 unspecified atom stereocenters. The molecular weight excluding hydrogens is 397 g/mol. The van der Waals surface area contributed by atoms with E-state index in [2.05, 4.69) is 26.1 Å². The van der Waals surface area contributed by atoms with E-state index in [4.69, 9.17) is 4.52 Å². The highest BCUT2D eigenvalue weighted by molar-refractivity contribution is 14.0. The number of hydrogen-bond acceptors (Lipinski definition) is 4. The van der Waals surface area contributed by atoms with Crippen LogP contribution in [0.25, 0.3) is 0 Å². The Morgan fingerprint density at radius 1 is 1.55 bits per heavy atom. The fourth-order valence-corrected chi connectivity index (χ4v) is 2.12. The van der Waals surface area contributed by atoms with Crippen LogP contribution in [0, 0.1) is 0 Å². The van der Waals surface area contributed by atoms with Crippen LogP contribution < -0.4 is 16.0 Å². The zero-order chi connectivity index (χ0) is 15.1. The standard InChI is InChI=1S/C14H23N5O2.HI/c1-3-10-7-12(21-19-10)9-17-14(15-4-2)18-11-5-6-13(20)16-8-11;/h7,11H,3-6,8-9H2,1-2H3,(H,16,20)(H2,15,17,18);1H. The third-order valence-electron chi connectivity index (χ3n) is 3.31. The molecule has 1 saturated heterocycles. The Kier molecular flexibility index (Phi) is 8.21. The van der Waals surface area contributed by atoms with Gasteiger partial charge in [-0.2, -0.15) is 0 Å².